The third kappa shape index (κ3) is 18.2. The summed E-state index contributed by atoms with van der Waals surface area (Å²) < 4.78 is 10.9. The first-order chi connectivity index (χ1) is 19.4. The van der Waals surface area contributed by atoms with Crippen molar-refractivity contribution in [1.82, 2.24) is 10.6 Å². The normalized spacial score (nSPS) is 11.8. The third-order valence-electron chi connectivity index (χ3n) is 6.54. The molecule has 1 rings (SSSR count). The van der Waals surface area contributed by atoms with Gasteiger partial charge in [-0.2, -0.15) is 0 Å². The van der Waals surface area contributed by atoms with Gasteiger partial charge in [0.25, 0.3) is 0 Å². The van der Waals surface area contributed by atoms with Gasteiger partial charge in [0.2, 0.25) is 11.8 Å². The topological polar surface area (TPSA) is 93.7 Å². The molecule has 0 aliphatic carbocycles. The van der Waals surface area contributed by atoms with E-state index in [4.69, 9.17) is 27.9 Å². The molecule has 2 N–H and O–H groups in total. The molecule has 0 aliphatic heterocycles. The summed E-state index contributed by atoms with van der Waals surface area (Å²) in [5, 5.41) is 5.54. The number of unbranched alkanes of at least 4 members (excludes halogenated alkanes) is 9. The largest absolute Gasteiger partial charge is 0.490 e. The molecule has 1 unspecified atom stereocenters. The number of ether oxygens (including phenoxy) is 2. The van der Waals surface area contributed by atoms with Crippen LogP contribution in [0.4, 0.5) is 0 Å². The second kappa shape index (κ2) is 23.5. The highest BCUT2D eigenvalue weighted by atomic mass is 35.5. The Bertz CT molecular complexity index is 894. The van der Waals surface area contributed by atoms with E-state index in [1.54, 1.807) is 0 Å². The van der Waals surface area contributed by atoms with Gasteiger partial charge in [-0.25, -0.2) is 0 Å². The molecule has 1 aromatic rings. The number of hydrogen-bond acceptors (Lipinski definition) is 5. The quantitative estimate of drug-likeness (QED) is 0.0614. The molecule has 1 atom stereocenters. The van der Waals surface area contributed by atoms with E-state index >= 15 is 0 Å². The Morgan fingerprint density at radius 2 is 1.40 bits per heavy atom. The van der Waals surface area contributed by atoms with Crippen LogP contribution < -0.4 is 15.4 Å². The van der Waals surface area contributed by atoms with Gasteiger partial charge in [-0.3, -0.25) is 14.4 Å². The number of rotatable bonds is 23. The Labute approximate surface area is 250 Å². The van der Waals surface area contributed by atoms with Crippen LogP contribution in [0.25, 0.3) is 0 Å². The summed E-state index contributed by atoms with van der Waals surface area (Å²) in [6.45, 7) is 2.72. The Balaban J connectivity index is 2.25. The first-order valence-electron chi connectivity index (χ1n) is 14.5. The monoisotopic (exact) mass is 598 g/mol. The molecular formula is C31H48Cl2N2O5. The second-order valence-corrected chi connectivity index (χ2v) is 10.6. The van der Waals surface area contributed by atoms with Crippen molar-refractivity contribution in [3.8, 4) is 5.75 Å². The van der Waals surface area contributed by atoms with Crippen molar-refractivity contribution in [1.29, 1.82) is 0 Å². The van der Waals surface area contributed by atoms with Crippen LogP contribution in [0.15, 0.2) is 30.4 Å². The zero-order chi connectivity index (χ0) is 29.4. The molecule has 0 fully saturated rings. The van der Waals surface area contributed by atoms with Crippen molar-refractivity contribution in [2.24, 2.45) is 0 Å². The van der Waals surface area contributed by atoms with Crippen LogP contribution in [0.5, 0.6) is 5.75 Å². The number of carbonyl (C=O) groups is 3. The number of hydrogen-bond donors (Lipinski definition) is 2. The SMILES string of the molecule is COC(=O)CCCCCCC/C=C\CCCCCCC(C)Oc1ccc(CNC(=O)CCl)cc1CNC(=O)CCl. The summed E-state index contributed by atoms with van der Waals surface area (Å²) >= 11 is 11.2. The van der Waals surface area contributed by atoms with Crippen molar-refractivity contribution < 1.29 is 23.9 Å². The number of methoxy groups -OCH3 is 1. The molecule has 0 saturated heterocycles. The van der Waals surface area contributed by atoms with Gasteiger partial charge in [-0.05, 0) is 69.6 Å². The highest BCUT2D eigenvalue weighted by Gasteiger charge is 2.12. The summed E-state index contributed by atoms with van der Waals surface area (Å²) in [6, 6.07) is 5.72. The molecule has 40 heavy (non-hydrogen) atoms. The maximum absolute atomic E-state index is 11.7. The van der Waals surface area contributed by atoms with Crippen molar-refractivity contribution in [2.45, 2.75) is 110 Å². The molecular weight excluding hydrogens is 551 g/mol. The van der Waals surface area contributed by atoms with E-state index in [0.717, 1.165) is 55.4 Å². The lowest BCUT2D eigenvalue weighted by molar-refractivity contribution is -0.140. The molecule has 0 aliphatic rings. The smallest absolute Gasteiger partial charge is 0.305 e. The molecule has 0 saturated carbocycles. The van der Waals surface area contributed by atoms with Gasteiger partial charge in [0.1, 0.15) is 17.5 Å². The molecule has 0 radical (unpaired) electrons. The lowest BCUT2D eigenvalue weighted by atomic mass is 10.1. The minimum absolute atomic E-state index is 0.0460. The second-order valence-electron chi connectivity index (χ2n) is 10.0. The maximum atomic E-state index is 11.7. The van der Waals surface area contributed by atoms with Crippen LogP contribution in [-0.4, -0.2) is 42.8 Å². The molecule has 9 heteroatoms. The fourth-order valence-corrected chi connectivity index (χ4v) is 4.40. The summed E-state index contributed by atoms with van der Waals surface area (Å²) in [6.07, 6.45) is 18.7. The van der Waals surface area contributed by atoms with Crippen LogP contribution in [0.2, 0.25) is 0 Å². The molecule has 226 valence electrons. The van der Waals surface area contributed by atoms with Crippen LogP contribution >= 0.6 is 23.2 Å². The molecule has 0 bridgehead atoms. The van der Waals surface area contributed by atoms with Gasteiger partial charge in [0, 0.05) is 25.1 Å². The lowest BCUT2D eigenvalue weighted by Gasteiger charge is -2.19. The summed E-state index contributed by atoms with van der Waals surface area (Å²) in [5.41, 5.74) is 1.74. The van der Waals surface area contributed by atoms with Crippen LogP contribution in [0.3, 0.4) is 0 Å². The molecule has 1 aromatic carbocycles. The number of carbonyl (C=O) groups excluding carboxylic acids is 3. The predicted octanol–water partition coefficient (Wildman–Crippen LogP) is 6.96. The van der Waals surface area contributed by atoms with Crippen LogP contribution in [0.1, 0.15) is 102 Å². The van der Waals surface area contributed by atoms with Gasteiger partial charge >= 0.3 is 5.97 Å². The van der Waals surface area contributed by atoms with E-state index in [1.165, 1.54) is 45.6 Å². The average Bonchev–Trinajstić information content (AvgIpc) is 2.97. The highest BCUT2D eigenvalue weighted by molar-refractivity contribution is 6.27. The Morgan fingerprint density at radius 3 is 2.02 bits per heavy atom. The van der Waals surface area contributed by atoms with E-state index in [-0.39, 0.29) is 35.6 Å². The van der Waals surface area contributed by atoms with Gasteiger partial charge in [-0.15, -0.1) is 23.2 Å². The molecule has 0 heterocycles. The number of esters is 1. The average molecular weight is 600 g/mol. The molecule has 0 spiro atoms. The predicted molar refractivity (Wildman–Crippen MR) is 163 cm³/mol. The zero-order valence-corrected chi connectivity index (χ0v) is 25.8. The van der Waals surface area contributed by atoms with E-state index in [9.17, 15) is 14.4 Å². The standard InChI is InChI=1S/C31H48Cl2N2O5/c1-25(16-14-12-10-8-6-4-3-5-7-9-11-13-15-17-31(38)39-2)40-28-19-18-26(23-34-29(36)21-32)20-27(28)24-35-30(37)22-33/h3-4,18-20,25H,5-17,21-24H2,1-2H3,(H,34,36)(H,35,37)/b4-3-. The van der Waals surface area contributed by atoms with Crippen molar-refractivity contribution in [3.05, 3.63) is 41.5 Å². The number of benzene rings is 1. The lowest BCUT2D eigenvalue weighted by Crippen LogP contribution is -2.25. The first kappa shape index (κ1) is 35.8. The van der Waals surface area contributed by atoms with Crippen molar-refractivity contribution in [2.75, 3.05) is 18.9 Å². The van der Waals surface area contributed by atoms with Crippen LogP contribution in [0, 0.1) is 0 Å². The van der Waals surface area contributed by atoms with E-state index in [1.807, 2.05) is 18.2 Å². The summed E-state index contributed by atoms with van der Waals surface area (Å²) in [5.74, 6) is -0.0611. The van der Waals surface area contributed by atoms with Gasteiger partial charge < -0.3 is 20.1 Å². The molecule has 0 aromatic heterocycles. The van der Waals surface area contributed by atoms with Gasteiger partial charge in [0.15, 0.2) is 0 Å². The first-order valence-corrected chi connectivity index (χ1v) is 15.6. The van der Waals surface area contributed by atoms with E-state index in [0.29, 0.717) is 19.5 Å². The number of allylic oxidation sites excluding steroid dienone is 2. The summed E-state index contributed by atoms with van der Waals surface area (Å²) in [4.78, 5) is 34.2. The van der Waals surface area contributed by atoms with E-state index in [2.05, 4.69) is 34.4 Å². The molecule has 2 amide bonds. The Morgan fingerprint density at radius 1 is 0.825 bits per heavy atom. The zero-order valence-electron chi connectivity index (χ0n) is 24.3. The minimum atomic E-state index is -0.250. The Kier molecular flexibility index (Phi) is 21.0. The maximum Gasteiger partial charge on any atom is 0.305 e. The fourth-order valence-electron chi connectivity index (χ4n) is 4.21. The van der Waals surface area contributed by atoms with Crippen LogP contribution in [-0.2, 0) is 32.2 Å². The summed E-state index contributed by atoms with van der Waals surface area (Å²) in [7, 11) is 1.44. The number of amides is 2. The van der Waals surface area contributed by atoms with Crippen molar-refractivity contribution in [3.63, 3.8) is 0 Å². The number of nitrogens with one attached hydrogen (secondary N) is 2. The number of alkyl halides is 2. The number of halogens is 2. The Hall–Kier alpha value is -2.25. The fraction of sp³-hybridized carbons (Fsp3) is 0.645. The van der Waals surface area contributed by atoms with Crippen molar-refractivity contribution >= 4 is 41.0 Å². The van der Waals surface area contributed by atoms with Gasteiger partial charge in [0.05, 0.1) is 13.2 Å². The minimum Gasteiger partial charge on any atom is -0.490 e. The highest BCUT2D eigenvalue weighted by Crippen LogP contribution is 2.23. The molecule has 7 nitrogen and oxygen atoms in total. The third-order valence-corrected chi connectivity index (χ3v) is 7.02. The van der Waals surface area contributed by atoms with E-state index < -0.39 is 0 Å². The van der Waals surface area contributed by atoms with Gasteiger partial charge in [-0.1, -0.05) is 50.3 Å².